The van der Waals surface area contributed by atoms with Gasteiger partial charge in [0.15, 0.2) is 6.10 Å². The van der Waals surface area contributed by atoms with Gasteiger partial charge in [0, 0.05) is 16.0 Å². The van der Waals surface area contributed by atoms with Crippen molar-refractivity contribution < 1.29 is 14.3 Å². The quantitative estimate of drug-likeness (QED) is 0.586. The Morgan fingerprint density at radius 3 is 2.57 bits per heavy atom. The first kappa shape index (κ1) is 15.2. The van der Waals surface area contributed by atoms with Gasteiger partial charge in [-0.2, -0.15) is 5.10 Å². The SMILES string of the molecule is CC(OC(=O)c1ccc2cn[nH]c2c1)C(=O)c1ccc(Cl)cc1. The number of nitrogens with one attached hydrogen (secondary N) is 1. The molecule has 0 saturated carbocycles. The molecule has 0 saturated heterocycles. The molecule has 2 aromatic carbocycles. The summed E-state index contributed by atoms with van der Waals surface area (Å²) in [6.45, 7) is 1.55. The molecular formula is C17H13ClN2O3. The van der Waals surface area contributed by atoms with Crippen molar-refractivity contribution in [1.29, 1.82) is 0 Å². The maximum Gasteiger partial charge on any atom is 0.338 e. The number of Topliss-reactive ketones (excluding diaryl/α,β-unsaturated/α-hetero) is 1. The monoisotopic (exact) mass is 328 g/mol. The number of aromatic amines is 1. The molecule has 1 N–H and O–H groups in total. The Hall–Kier alpha value is -2.66. The van der Waals surface area contributed by atoms with Gasteiger partial charge in [-0.25, -0.2) is 4.79 Å². The van der Waals surface area contributed by atoms with Crippen molar-refractivity contribution in [3.05, 3.63) is 64.8 Å². The van der Waals surface area contributed by atoms with Crippen LogP contribution < -0.4 is 0 Å². The average molecular weight is 329 g/mol. The van der Waals surface area contributed by atoms with Gasteiger partial charge < -0.3 is 4.74 Å². The Bertz CT molecular complexity index is 871. The topological polar surface area (TPSA) is 72.0 Å². The van der Waals surface area contributed by atoms with Crippen LogP contribution in [0.4, 0.5) is 0 Å². The highest BCUT2D eigenvalue weighted by Gasteiger charge is 2.20. The second kappa shape index (κ2) is 6.22. The molecule has 0 bridgehead atoms. The van der Waals surface area contributed by atoms with E-state index in [1.165, 1.54) is 0 Å². The first-order chi connectivity index (χ1) is 11.0. The van der Waals surface area contributed by atoms with Gasteiger partial charge in [0.1, 0.15) is 0 Å². The summed E-state index contributed by atoms with van der Waals surface area (Å²) in [6, 6.07) is 11.5. The molecule has 0 aliphatic rings. The second-order valence-electron chi connectivity index (χ2n) is 5.09. The number of carbonyl (C=O) groups is 2. The number of nitrogens with zero attached hydrogens (tertiary/aromatic N) is 1. The molecule has 1 aromatic heterocycles. The largest absolute Gasteiger partial charge is 0.451 e. The minimum atomic E-state index is -0.888. The molecule has 1 unspecified atom stereocenters. The average Bonchev–Trinajstić information content (AvgIpc) is 3.02. The second-order valence-corrected chi connectivity index (χ2v) is 5.53. The summed E-state index contributed by atoms with van der Waals surface area (Å²) in [6.07, 6.45) is 0.776. The van der Waals surface area contributed by atoms with Crippen molar-refractivity contribution in [2.75, 3.05) is 0 Å². The van der Waals surface area contributed by atoms with Crippen LogP contribution in [0.25, 0.3) is 10.9 Å². The predicted molar refractivity (Wildman–Crippen MR) is 86.8 cm³/mol. The number of aromatic nitrogens is 2. The van der Waals surface area contributed by atoms with E-state index in [9.17, 15) is 9.59 Å². The van der Waals surface area contributed by atoms with E-state index in [2.05, 4.69) is 10.2 Å². The number of halogens is 1. The highest BCUT2D eigenvalue weighted by atomic mass is 35.5. The molecule has 1 atom stereocenters. The number of carbonyl (C=O) groups excluding carboxylic acids is 2. The van der Waals surface area contributed by atoms with Crippen LogP contribution in [-0.2, 0) is 4.74 Å². The Morgan fingerprint density at radius 2 is 1.83 bits per heavy atom. The van der Waals surface area contributed by atoms with E-state index in [4.69, 9.17) is 16.3 Å². The summed E-state index contributed by atoms with van der Waals surface area (Å²) in [7, 11) is 0. The van der Waals surface area contributed by atoms with Crippen LogP contribution in [0.3, 0.4) is 0 Å². The fourth-order valence-electron chi connectivity index (χ4n) is 2.19. The summed E-state index contributed by atoms with van der Waals surface area (Å²) >= 11 is 5.79. The number of hydrogen-bond acceptors (Lipinski definition) is 4. The summed E-state index contributed by atoms with van der Waals surface area (Å²) in [5, 5.41) is 8.12. The van der Waals surface area contributed by atoms with Crippen LogP contribution in [0.5, 0.6) is 0 Å². The van der Waals surface area contributed by atoms with Crippen molar-refractivity contribution in [3.8, 4) is 0 Å². The molecule has 5 nitrogen and oxygen atoms in total. The summed E-state index contributed by atoms with van der Waals surface area (Å²) in [5.41, 5.74) is 1.53. The van der Waals surface area contributed by atoms with Crippen LogP contribution in [0.2, 0.25) is 5.02 Å². The fraction of sp³-hybridized carbons (Fsp3) is 0.118. The molecule has 3 aromatic rings. The molecule has 0 aliphatic carbocycles. The zero-order chi connectivity index (χ0) is 16.4. The third-order valence-corrected chi connectivity index (χ3v) is 3.71. The van der Waals surface area contributed by atoms with Crippen molar-refractivity contribution in [2.24, 2.45) is 0 Å². The molecule has 0 radical (unpaired) electrons. The number of rotatable bonds is 4. The first-order valence-corrected chi connectivity index (χ1v) is 7.36. The third kappa shape index (κ3) is 3.24. The van der Waals surface area contributed by atoms with Crippen LogP contribution in [0.15, 0.2) is 48.7 Å². The van der Waals surface area contributed by atoms with E-state index in [0.29, 0.717) is 16.1 Å². The zero-order valence-corrected chi connectivity index (χ0v) is 13.0. The number of hydrogen-bond donors (Lipinski definition) is 1. The van der Waals surface area contributed by atoms with E-state index in [1.807, 2.05) is 0 Å². The van der Waals surface area contributed by atoms with Crippen molar-refractivity contribution in [3.63, 3.8) is 0 Å². The van der Waals surface area contributed by atoms with Crippen LogP contribution in [0, 0.1) is 0 Å². The maximum atomic E-state index is 12.3. The van der Waals surface area contributed by atoms with Gasteiger partial charge in [0.25, 0.3) is 0 Å². The molecule has 6 heteroatoms. The molecule has 0 fully saturated rings. The standard InChI is InChI=1S/C17H13ClN2O3/c1-10(16(21)11-4-6-14(18)7-5-11)23-17(22)12-2-3-13-9-19-20-15(13)8-12/h2-10H,1H3,(H,19,20). The van der Waals surface area contributed by atoms with Gasteiger partial charge in [0.2, 0.25) is 5.78 Å². The van der Waals surface area contributed by atoms with E-state index < -0.39 is 12.1 Å². The summed E-state index contributed by atoms with van der Waals surface area (Å²) < 4.78 is 5.25. The number of benzene rings is 2. The van der Waals surface area contributed by atoms with Gasteiger partial charge in [-0.15, -0.1) is 0 Å². The van der Waals surface area contributed by atoms with Crippen molar-refractivity contribution >= 4 is 34.3 Å². The molecular weight excluding hydrogens is 316 g/mol. The predicted octanol–water partition coefficient (Wildman–Crippen LogP) is 3.64. The molecule has 0 amide bonds. The Balaban J connectivity index is 1.73. The van der Waals surface area contributed by atoms with Gasteiger partial charge in [-0.05, 0) is 43.3 Å². The lowest BCUT2D eigenvalue weighted by atomic mass is 10.1. The molecule has 116 valence electrons. The van der Waals surface area contributed by atoms with Gasteiger partial charge >= 0.3 is 5.97 Å². The van der Waals surface area contributed by atoms with E-state index in [-0.39, 0.29) is 5.78 Å². The highest BCUT2D eigenvalue weighted by molar-refractivity contribution is 6.30. The molecule has 3 rings (SSSR count). The van der Waals surface area contributed by atoms with Crippen LogP contribution >= 0.6 is 11.6 Å². The number of H-pyrrole nitrogens is 1. The zero-order valence-electron chi connectivity index (χ0n) is 12.2. The number of ether oxygens (including phenoxy) is 1. The summed E-state index contributed by atoms with van der Waals surface area (Å²) in [5.74, 6) is -0.839. The smallest absolute Gasteiger partial charge is 0.338 e. The van der Waals surface area contributed by atoms with Gasteiger partial charge in [-0.1, -0.05) is 17.7 Å². The van der Waals surface area contributed by atoms with Gasteiger partial charge in [-0.3, -0.25) is 9.89 Å². The van der Waals surface area contributed by atoms with Crippen molar-refractivity contribution in [2.45, 2.75) is 13.0 Å². The number of fused-ring (bicyclic) bond motifs is 1. The van der Waals surface area contributed by atoms with E-state index in [0.717, 1.165) is 10.9 Å². The minimum Gasteiger partial charge on any atom is -0.451 e. The van der Waals surface area contributed by atoms with E-state index in [1.54, 1.807) is 55.6 Å². The molecule has 0 aliphatic heterocycles. The number of ketones is 1. The molecule has 1 heterocycles. The maximum absolute atomic E-state index is 12.3. The van der Waals surface area contributed by atoms with Crippen LogP contribution in [0.1, 0.15) is 27.6 Å². The Kier molecular flexibility index (Phi) is 4.12. The molecule has 0 spiro atoms. The Labute approximate surface area is 137 Å². The highest BCUT2D eigenvalue weighted by Crippen LogP contribution is 2.16. The minimum absolute atomic E-state index is 0.280. The Morgan fingerprint density at radius 1 is 1.13 bits per heavy atom. The van der Waals surface area contributed by atoms with Crippen LogP contribution in [-0.4, -0.2) is 28.1 Å². The van der Waals surface area contributed by atoms with Gasteiger partial charge in [0.05, 0.1) is 17.3 Å². The molecule has 23 heavy (non-hydrogen) atoms. The first-order valence-electron chi connectivity index (χ1n) is 6.98. The lowest BCUT2D eigenvalue weighted by Gasteiger charge is -2.12. The van der Waals surface area contributed by atoms with E-state index >= 15 is 0 Å². The third-order valence-electron chi connectivity index (χ3n) is 3.46. The summed E-state index contributed by atoms with van der Waals surface area (Å²) in [4.78, 5) is 24.4. The van der Waals surface area contributed by atoms with Crippen molar-refractivity contribution in [1.82, 2.24) is 10.2 Å². The number of esters is 1. The lowest BCUT2D eigenvalue weighted by Crippen LogP contribution is -2.24. The normalized spacial score (nSPS) is 12.1. The lowest BCUT2D eigenvalue weighted by molar-refractivity contribution is 0.0319. The fourth-order valence-corrected chi connectivity index (χ4v) is 2.32.